The van der Waals surface area contributed by atoms with Gasteiger partial charge in [-0.2, -0.15) is 0 Å². The highest BCUT2D eigenvalue weighted by atomic mass is 79.9. The Morgan fingerprint density at radius 1 is 0.923 bits per heavy atom. The number of aromatic nitrogens is 2. The van der Waals surface area contributed by atoms with Gasteiger partial charge in [-0.3, -0.25) is 14.7 Å². The number of hydrogen-bond acceptors (Lipinski definition) is 3. The SMILES string of the molecule is O=C(c1ccc(Br)o1)c1c(-c2ccccc2)[nH]n(-c2ccccc2)c1=O. The number of hydrogen-bond donors (Lipinski definition) is 1. The summed E-state index contributed by atoms with van der Waals surface area (Å²) in [5, 5.41) is 3.07. The van der Waals surface area contributed by atoms with Gasteiger partial charge in [-0.25, -0.2) is 4.68 Å². The molecule has 4 aromatic rings. The molecular formula is C20H13BrN2O3. The quantitative estimate of drug-likeness (QED) is 0.508. The number of carbonyl (C=O) groups excluding carboxylic acids is 1. The van der Waals surface area contributed by atoms with Crippen LogP contribution in [0.25, 0.3) is 16.9 Å². The molecule has 0 aliphatic carbocycles. The van der Waals surface area contributed by atoms with Gasteiger partial charge in [-0.15, -0.1) is 0 Å². The van der Waals surface area contributed by atoms with E-state index in [-0.39, 0.29) is 11.3 Å². The van der Waals surface area contributed by atoms with Gasteiger partial charge in [0.25, 0.3) is 5.56 Å². The summed E-state index contributed by atoms with van der Waals surface area (Å²) in [6.45, 7) is 0. The van der Waals surface area contributed by atoms with Crippen LogP contribution in [-0.4, -0.2) is 15.6 Å². The fourth-order valence-corrected chi connectivity index (χ4v) is 3.09. The molecule has 0 aliphatic rings. The third-order valence-electron chi connectivity index (χ3n) is 3.99. The fourth-order valence-electron chi connectivity index (χ4n) is 2.78. The Labute approximate surface area is 157 Å². The molecule has 0 radical (unpaired) electrons. The predicted octanol–water partition coefficient (Wildman–Crippen LogP) is 4.42. The van der Waals surface area contributed by atoms with Crippen molar-refractivity contribution in [1.82, 2.24) is 9.78 Å². The van der Waals surface area contributed by atoms with E-state index in [4.69, 9.17) is 4.42 Å². The van der Waals surface area contributed by atoms with E-state index in [2.05, 4.69) is 21.0 Å². The molecule has 0 saturated heterocycles. The van der Waals surface area contributed by atoms with Gasteiger partial charge < -0.3 is 4.42 Å². The number of carbonyl (C=O) groups is 1. The highest BCUT2D eigenvalue weighted by Gasteiger charge is 2.26. The maximum Gasteiger partial charge on any atom is 0.283 e. The molecule has 128 valence electrons. The number of rotatable bonds is 4. The predicted molar refractivity (Wildman–Crippen MR) is 102 cm³/mol. The van der Waals surface area contributed by atoms with Gasteiger partial charge in [0.15, 0.2) is 10.4 Å². The fraction of sp³-hybridized carbons (Fsp3) is 0. The van der Waals surface area contributed by atoms with E-state index in [1.165, 1.54) is 4.68 Å². The molecular weight excluding hydrogens is 396 g/mol. The van der Waals surface area contributed by atoms with Crippen molar-refractivity contribution in [3.05, 3.63) is 99.1 Å². The zero-order valence-electron chi connectivity index (χ0n) is 13.5. The molecule has 2 aromatic heterocycles. The number of nitrogens with zero attached hydrogens (tertiary/aromatic N) is 1. The Morgan fingerprint density at radius 2 is 1.58 bits per heavy atom. The lowest BCUT2D eigenvalue weighted by Gasteiger charge is -2.02. The molecule has 26 heavy (non-hydrogen) atoms. The lowest BCUT2D eigenvalue weighted by Crippen LogP contribution is -2.20. The normalized spacial score (nSPS) is 10.8. The number of H-pyrrole nitrogens is 1. The zero-order valence-corrected chi connectivity index (χ0v) is 15.1. The third-order valence-corrected chi connectivity index (χ3v) is 4.42. The second-order valence-electron chi connectivity index (χ2n) is 5.64. The number of furan rings is 1. The smallest absolute Gasteiger partial charge is 0.283 e. The van der Waals surface area contributed by atoms with Crippen LogP contribution in [0.5, 0.6) is 0 Å². The maximum absolute atomic E-state index is 13.0. The van der Waals surface area contributed by atoms with Crippen molar-refractivity contribution in [1.29, 1.82) is 0 Å². The molecule has 0 fully saturated rings. The first-order valence-corrected chi connectivity index (χ1v) is 8.70. The molecule has 0 unspecified atom stereocenters. The van der Waals surface area contributed by atoms with Crippen molar-refractivity contribution in [3.8, 4) is 16.9 Å². The summed E-state index contributed by atoms with van der Waals surface area (Å²) in [4.78, 5) is 26.0. The third kappa shape index (κ3) is 2.84. The van der Waals surface area contributed by atoms with Crippen LogP contribution in [0, 0.1) is 0 Å². The number of nitrogens with one attached hydrogen (secondary N) is 1. The van der Waals surface area contributed by atoms with E-state index in [1.807, 2.05) is 48.5 Å². The van der Waals surface area contributed by atoms with Crippen LogP contribution in [0.2, 0.25) is 0 Å². The summed E-state index contributed by atoms with van der Waals surface area (Å²) >= 11 is 3.19. The Balaban J connectivity index is 1.95. The molecule has 5 nitrogen and oxygen atoms in total. The molecule has 2 heterocycles. The first kappa shape index (κ1) is 16.4. The van der Waals surface area contributed by atoms with Crippen molar-refractivity contribution < 1.29 is 9.21 Å². The van der Waals surface area contributed by atoms with Crippen LogP contribution >= 0.6 is 15.9 Å². The van der Waals surface area contributed by atoms with Crippen molar-refractivity contribution in [2.24, 2.45) is 0 Å². The topological polar surface area (TPSA) is 68.0 Å². The largest absolute Gasteiger partial charge is 0.446 e. The van der Waals surface area contributed by atoms with E-state index in [9.17, 15) is 9.59 Å². The van der Waals surface area contributed by atoms with Crippen molar-refractivity contribution in [2.45, 2.75) is 0 Å². The summed E-state index contributed by atoms with van der Waals surface area (Å²) in [6.07, 6.45) is 0. The van der Waals surface area contributed by atoms with Crippen molar-refractivity contribution in [3.63, 3.8) is 0 Å². The minimum Gasteiger partial charge on any atom is -0.446 e. The van der Waals surface area contributed by atoms with Gasteiger partial charge >= 0.3 is 0 Å². The van der Waals surface area contributed by atoms with E-state index in [1.54, 1.807) is 24.3 Å². The van der Waals surface area contributed by atoms with Gasteiger partial charge in [-0.1, -0.05) is 48.5 Å². The van der Waals surface area contributed by atoms with E-state index >= 15 is 0 Å². The number of benzene rings is 2. The number of ketones is 1. The van der Waals surface area contributed by atoms with Crippen molar-refractivity contribution >= 4 is 21.7 Å². The summed E-state index contributed by atoms with van der Waals surface area (Å²) in [6, 6.07) is 21.5. The standard InChI is InChI=1S/C20H13BrN2O3/c21-16-12-11-15(26-16)19(24)17-18(13-7-3-1-4-8-13)22-23(20(17)25)14-9-5-2-6-10-14/h1-12,22H. The lowest BCUT2D eigenvalue weighted by molar-refractivity contribution is 0.101. The van der Waals surface area contributed by atoms with Crippen molar-refractivity contribution in [2.75, 3.05) is 0 Å². The van der Waals surface area contributed by atoms with Gasteiger partial charge in [0.2, 0.25) is 5.78 Å². The average Bonchev–Trinajstić information content (AvgIpc) is 3.26. The highest BCUT2D eigenvalue weighted by molar-refractivity contribution is 9.10. The maximum atomic E-state index is 13.0. The van der Waals surface area contributed by atoms with Crippen LogP contribution in [0.4, 0.5) is 0 Å². The van der Waals surface area contributed by atoms with Gasteiger partial charge in [0.05, 0.1) is 11.4 Å². The molecule has 4 rings (SSSR count). The summed E-state index contributed by atoms with van der Waals surface area (Å²) in [7, 11) is 0. The molecule has 0 saturated carbocycles. The van der Waals surface area contributed by atoms with Gasteiger partial charge in [0, 0.05) is 5.56 Å². The minimum atomic E-state index is -0.467. The second kappa shape index (κ2) is 6.65. The van der Waals surface area contributed by atoms with E-state index in [0.717, 1.165) is 5.56 Å². The summed E-state index contributed by atoms with van der Waals surface area (Å²) in [5.74, 6) is -0.365. The molecule has 0 atom stereocenters. The number of para-hydroxylation sites is 1. The average molecular weight is 409 g/mol. The molecule has 0 spiro atoms. The first-order chi connectivity index (χ1) is 12.6. The monoisotopic (exact) mass is 408 g/mol. The zero-order chi connectivity index (χ0) is 18.1. The van der Waals surface area contributed by atoms with E-state index in [0.29, 0.717) is 16.1 Å². The molecule has 0 amide bonds. The van der Waals surface area contributed by atoms with Crippen LogP contribution in [0.1, 0.15) is 16.1 Å². The summed E-state index contributed by atoms with van der Waals surface area (Å²) in [5.41, 5.74) is 1.47. The molecule has 0 aliphatic heterocycles. The van der Waals surface area contributed by atoms with Gasteiger partial charge in [-0.05, 0) is 40.2 Å². The second-order valence-corrected chi connectivity index (χ2v) is 6.42. The Hall–Kier alpha value is -3.12. The first-order valence-electron chi connectivity index (χ1n) is 7.91. The van der Waals surface area contributed by atoms with Crippen LogP contribution in [-0.2, 0) is 0 Å². The van der Waals surface area contributed by atoms with Gasteiger partial charge in [0.1, 0.15) is 5.56 Å². The van der Waals surface area contributed by atoms with Crippen LogP contribution in [0.15, 0.2) is 86.7 Å². The Bertz CT molecular complexity index is 1120. The minimum absolute atomic E-state index is 0.0434. The molecule has 2 aromatic carbocycles. The Kier molecular flexibility index (Phi) is 4.18. The molecule has 0 bridgehead atoms. The van der Waals surface area contributed by atoms with Crippen LogP contribution < -0.4 is 5.56 Å². The lowest BCUT2D eigenvalue weighted by atomic mass is 10.0. The number of halogens is 1. The molecule has 6 heteroatoms. The van der Waals surface area contributed by atoms with E-state index < -0.39 is 11.3 Å². The highest BCUT2D eigenvalue weighted by Crippen LogP contribution is 2.24. The summed E-state index contributed by atoms with van der Waals surface area (Å²) < 4.78 is 7.17. The van der Waals surface area contributed by atoms with Crippen LogP contribution in [0.3, 0.4) is 0 Å². The number of aromatic amines is 1. The molecule has 1 N–H and O–H groups in total. The Morgan fingerprint density at radius 3 is 2.19 bits per heavy atom.